The maximum Gasteiger partial charge on any atom is 0.511 e. The number of piperidine rings is 1. The lowest BCUT2D eigenvalue weighted by Gasteiger charge is -2.31. The monoisotopic (exact) mass is 412 g/mol. The van der Waals surface area contributed by atoms with Gasteiger partial charge in [0, 0.05) is 39.6 Å². The molecule has 0 unspecified atom stereocenters. The van der Waals surface area contributed by atoms with Crippen molar-refractivity contribution in [1.82, 2.24) is 25.1 Å². The lowest BCUT2D eigenvalue weighted by molar-refractivity contribution is -0.0496. The van der Waals surface area contributed by atoms with Crippen molar-refractivity contribution >= 4 is 16.0 Å². The average Bonchev–Trinajstić information content (AvgIpc) is 3.02. The Labute approximate surface area is 155 Å². The first-order valence-electron chi connectivity index (χ1n) is 8.43. The van der Waals surface area contributed by atoms with Crippen molar-refractivity contribution in [1.29, 1.82) is 0 Å². The Morgan fingerprint density at radius 1 is 1.33 bits per heavy atom. The number of nitrogens with one attached hydrogen (secondary N) is 2. The van der Waals surface area contributed by atoms with Gasteiger partial charge in [0.05, 0.1) is 0 Å². The molecule has 1 saturated heterocycles. The molecule has 0 aliphatic carbocycles. The molecule has 1 aliphatic heterocycles. The van der Waals surface area contributed by atoms with E-state index in [0.717, 1.165) is 0 Å². The number of guanidine groups is 1. The predicted molar refractivity (Wildman–Crippen MR) is 91.4 cm³/mol. The SMILES string of the molecule is CN=C(NCCc1nc(C)no1)NCC1CCN(S(=O)(=O)C(F)(F)F)CC1. The molecule has 0 atom stereocenters. The molecule has 0 spiro atoms. The van der Waals surface area contributed by atoms with Gasteiger partial charge in [-0.3, -0.25) is 4.99 Å². The third kappa shape index (κ3) is 5.79. The molecule has 13 heteroatoms. The van der Waals surface area contributed by atoms with Crippen LogP contribution in [0.5, 0.6) is 0 Å². The van der Waals surface area contributed by atoms with Gasteiger partial charge in [-0.1, -0.05) is 5.16 Å². The third-order valence-electron chi connectivity index (χ3n) is 4.19. The van der Waals surface area contributed by atoms with E-state index >= 15 is 0 Å². The van der Waals surface area contributed by atoms with Gasteiger partial charge in [0.25, 0.3) is 0 Å². The standard InChI is InChI=1S/C14H23F3N6O3S/c1-10-21-12(26-22-10)3-6-19-13(18-2)20-9-11-4-7-23(8-5-11)27(24,25)14(15,16)17/h11H,3-9H2,1-2H3,(H2,18,19,20). The van der Waals surface area contributed by atoms with E-state index in [4.69, 9.17) is 4.52 Å². The lowest BCUT2D eigenvalue weighted by Crippen LogP contribution is -2.47. The van der Waals surface area contributed by atoms with Crippen molar-refractivity contribution in [3.8, 4) is 0 Å². The minimum absolute atomic E-state index is 0.0572. The van der Waals surface area contributed by atoms with Crippen LogP contribution in [0.15, 0.2) is 9.52 Å². The second-order valence-electron chi connectivity index (χ2n) is 6.16. The van der Waals surface area contributed by atoms with Gasteiger partial charge in [-0.05, 0) is 25.7 Å². The van der Waals surface area contributed by atoms with Crippen LogP contribution in [-0.2, 0) is 16.4 Å². The van der Waals surface area contributed by atoms with Crippen molar-refractivity contribution in [3.05, 3.63) is 11.7 Å². The van der Waals surface area contributed by atoms with Gasteiger partial charge in [-0.2, -0.15) is 22.5 Å². The molecule has 1 fully saturated rings. The maximum absolute atomic E-state index is 12.6. The summed E-state index contributed by atoms with van der Waals surface area (Å²) in [5.41, 5.74) is -5.25. The molecule has 9 nitrogen and oxygen atoms in total. The minimum atomic E-state index is -5.25. The van der Waals surface area contributed by atoms with Gasteiger partial charge < -0.3 is 15.2 Å². The Bertz CT molecular complexity index is 742. The van der Waals surface area contributed by atoms with E-state index in [2.05, 4.69) is 25.8 Å². The summed E-state index contributed by atoms with van der Waals surface area (Å²) in [7, 11) is -3.64. The third-order valence-corrected chi connectivity index (χ3v) is 5.82. The van der Waals surface area contributed by atoms with E-state index in [1.54, 1.807) is 14.0 Å². The summed E-state index contributed by atoms with van der Waals surface area (Å²) in [4.78, 5) is 8.15. The number of rotatable bonds is 6. The van der Waals surface area contributed by atoms with Crippen LogP contribution < -0.4 is 10.6 Å². The van der Waals surface area contributed by atoms with E-state index in [-0.39, 0.29) is 19.0 Å². The van der Waals surface area contributed by atoms with Gasteiger partial charge in [-0.15, -0.1) is 0 Å². The van der Waals surface area contributed by atoms with Crippen LogP contribution in [0.2, 0.25) is 0 Å². The Morgan fingerprint density at radius 3 is 2.52 bits per heavy atom. The average molecular weight is 412 g/mol. The Balaban J connectivity index is 1.72. The van der Waals surface area contributed by atoms with Crippen LogP contribution in [0.3, 0.4) is 0 Å². The van der Waals surface area contributed by atoms with Gasteiger partial charge >= 0.3 is 15.5 Å². The molecule has 0 radical (unpaired) electrons. The molecule has 27 heavy (non-hydrogen) atoms. The quantitative estimate of drug-likeness (QED) is 0.521. The van der Waals surface area contributed by atoms with Crippen LogP contribution >= 0.6 is 0 Å². The van der Waals surface area contributed by atoms with E-state index in [9.17, 15) is 21.6 Å². The number of aryl methyl sites for hydroxylation is 1. The molecule has 0 bridgehead atoms. The smallest absolute Gasteiger partial charge is 0.356 e. The summed E-state index contributed by atoms with van der Waals surface area (Å²) in [6, 6.07) is 0. The van der Waals surface area contributed by atoms with Crippen molar-refractivity contribution in [3.63, 3.8) is 0 Å². The number of aromatic nitrogens is 2. The fourth-order valence-corrected chi connectivity index (χ4v) is 3.68. The minimum Gasteiger partial charge on any atom is -0.356 e. The molecule has 2 rings (SSSR count). The van der Waals surface area contributed by atoms with Crippen LogP contribution in [0.1, 0.15) is 24.6 Å². The summed E-state index contributed by atoms with van der Waals surface area (Å²) in [6.45, 7) is 2.45. The topological polar surface area (TPSA) is 113 Å². The number of alkyl halides is 3. The molecule has 1 aromatic rings. The second-order valence-corrected chi connectivity index (χ2v) is 8.09. The molecule has 0 amide bonds. The highest BCUT2D eigenvalue weighted by Crippen LogP contribution is 2.30. The van der Waals surface area contributed by atoms with Crippen molar-refractivity contribution < 1.29 is 26.1 Å². The zero-order valence-corrected chi connectivity index (χ0v) is 15.9. The van der Waals surface area contributed by atoms with Crippen molar-refractivity contribution in [2.24, 2.45) is 10.9 Å². The van der Waals surface area contributed by atoms with Gasteiger partial charge in [0.15, 0.2) is 11.8 Å². The summed E-state index contributed by atoms with van der Waals surface area (Å²) in [5, 5.41) is 9.87. The first-order valence-corrected chi connectivity index (χ1v) is 9.87. The molecule has 1 aliphatic rings. The molecule has 0 saturated carbocycles. The second kappa shape index (κ2) is 8.87. The maximum atomic E-state index is 12.6. The van der Waals surface area contributed by atoms with E-state index in [0.29, 0.717) is 54.3 Å². The highest BCUT2D eigenvalue weighted by atomic mass is 32.2. The fraction of sp³-hybridized carbons (Fsp3) is 0.786. The Hall–Kier alpha value is -1.89. The van der Waals surface area contributed by atoms with Crippen LogP contribution in [0, 0.1) is 12.8 Å². The molecule has 0 aromatic carbocycles. The zero-order chi connectivity index (χ0) is 20.1. The molecular formula is C14H23F3N6O3S. The zero-order valence-electron chi connectivity index (χ0n) is 15.1. The van der Waals surface area contributed by atoms with Crippen LogP contribution in [0.4, 0.5) is 13.2 Å². The lowest BCUT2D eigenvalue weighted by atomic mass is 9.98. The van der Waals surface area contributed by atoms with Crippen molar-refractivity contribution in [2.45, 2.75) is 31.7 Å². The van der Waals surface area contributed by atoms with Gasteiger partial charge in [-0.25, -0.2) is 8.42 Å². The Kier molecular flexibility index (Phi) is 7.03. The van der Waals surface area contributed by atoms with Gasteiger partial charge in [0.1, 0.15) is 0 Å². The highest BCUT2D eigenvalue weighted by Gasteiger charge is 2.50. The number of hydrogen-bond acceptors (Lipinski definition) is 6. The van der Waals surface area contributed by atoms with E-state index in [1.807, 2.05) is 0 Å². The number of halogens is 3. The van der Waals surface area contributed by atoms with Gasteiger partial charge in [0.2, 0.25) is 5.89 Å². The summed E-state index contributed by atoms with van der Waals surface area (Å²) in [5.74, 6) is 1.67. The molecule has 2 heterocycles. The molecule has 2 N–H and O–H groups in total. The summed E-state index contributed by atoms with van der Waals surface area (Å²) in [6.07, 6.45) is 1.22. The summed E-state index contributed by atoms with van der Waals surface area (Å²) < 4.78 is 66.0. The molecular weight excluding hydrogens is 389 g/mol. The van der Waals surface area contributed by atoms with Crippen LogP contribution in [-0.4, -0.2) is 67.6 Å². The van der Waals surface area contributed by atoms with Crippen molar-refractivity contribution in [2.75, 3.05) is 33.2 Å². The normalized spacial score (nSPS) is 17.9. The number of aliphatic imine (C=N–C) groups is 1. The first kappa shape index (κ1) is 21.4. The van der Waals surface area contributed by atoms with E-state index in [1.165, 1.54) is 0 Å². The number of hydrogen-bond donors (Lipinski definition) is 2. The van der Waals surface area contributed by atoms with Crippen LogP contribution in [0.25, 0.3) is 0 Å². The van der Waals surface area contributed by atoms with E-state index < -0.39 is 15.5 Å². The highest BCUT2D eigenvalue weighted by molar-refractivity contribution is 7.90. The molecule has 154 valence electrons. The predicted octanol–water partition coefficient (Wildman–Crippen LogP) is 0.647. The fourth-order valence-electron chi connectivity index (χ4n) is 2.69. The summed E-state index contributed by atoms with van der Waals surface area (Å²) >= 11 is 0. The number of nitrogens with zero attached hydrogens (tertiary/aromatic N) is 4. The first-order chi connectivity index (χ1) is 12.6. The Morgan fingerprint density at radius 2 is 2.00 bits per heavy atom. The largest absolute Gasteiger partial charge is 0.511 e. The molecule has 1 aromatic heterocycles. The number of sulfonamides is 1.